The van der Waals surface area contributed by atoms with Gasteiger partial charge in [0, 0.05) is 35.0 Å². The average molecular weight is 880 g/mol. The maximum Gasteiger partial charge on any atom is 0.330 e. The quantitative estimate of drug-likeness (QED) is 0.105. The highest BCUT2D eigenvalue weighted by molar-refractivity contribution is 7.98. The Hall–Kier alpha value is -5.22. The second-order valence-corrected chi connectivity index (χ2v) is 17.1. The Morgan fingerprint density at radius 1 is 0.717 bits per heavy atom. The van der Waals surface area contributed by atoms with E-state index in [-0.39, 0.29) is 18.2 Å². The smallest absolute Gasteiger partial charge is 0.330 e. The summed E-state index contributed by atoms with van der Waals surface area (Å²) in [6.45, 7) is 5.18. The first-order valence-electron chi connectivity index (χ1n) is 19.1. The SMILES string of the molecule is CC1(C)OC[C@@H](CN2C(=O)N(c3ccccc3Cl)Cc3cnc(SCc4ccccc4)nc32)O1.O=C1Nc2nc(SCc3ccccc3)ncc2CN1c1ccccc1Cl. The fourth-order valence-electron chi connectivity index (χ4n) is 6.76. The highest BCUT2D eigenvalue weighted by atomic mass is 35.5. The van der Waals surface area contributed by atoms with Crippen molar-refractivity contribution in [1.29, 1.82) is 0 Å². The number of carbonyl (C=O) groups excluding carboxylic acids is 2. The minimum absolute atomic E-state index is 0.202. The van der Waals surface area contributed by atoms with Crippen LogP contribution in [0.5, 0.6) is 0 Å². The molecule has 1 fully saturated rings. The van der Waals surface area contributed by atoms with Gasteiger partial charge in [-0.3, -0.25) is 20.0 Å². The Kier molecular flexibility index (Phi) is 12.9. The average Bonchev–Trinajstić information content (AvgIpc) is 3.61. The van der Waals surface area contributed by atoms with Crippen molar-refractivity contribution in [2.45, 2.75) is 60.6 Å². The largest absolute Gasteiger partial charge is 0.348 e. The van der Waals surface area contributed by atoms with E-state index in [4.69, 9.17) is 37.7 Å². The van der Waals surface area contributed by atoms with E-state index < -0.39 is 5.79 Å². The van der Waals surface area contributed by atoms with Crippen LogP contribution in [-0.4, -0.2) is 57.0 Å². The molecule has 4 amide bonds. The molecule has 9 rings (SSSR count). The Morgan fingerprint density at radius 3 is 1.83 bits per heavy atom. The van der Waals surface area contributed by atoms with Crippen molar-refractivity contribution in [3.05, 3.63) is 154 Å². The lowest BCUT2D eigenvalue weighted by atomic mass is 10.1. The zero-order valence-electron chi connectivity index (χ0n) is 32.7. The van der Waals surface area contributed by atoms with Crippen LogP contribution >= 0.6 is 46.7 Å². The number of anilines is 4. The van der Waals surface area contributed by atoms with Crippen LogP contribution in [0.15, 0.2) is 132 Å². The predicted octanol–water partition coefficient (Wildman–Crippen LogP) is 10.5. The zero-order chi connectivity index (χ0) is 41.6. The minimum Gasteiger partial charge on any atom is -0.348 e. The van der Waals surface area contributed by atoms with Crippen LogP contribution < -0.4 is 20.0 Å². The molecule has 12 nitrogen and oxygen atoms in total. The number of nitrogens with one attached hydrogen (secondary N) is 1. The van der Waals surface area contributed by atoms with E-state index in [9.17, 15) is 9.59 Å². The van der Waals surface area contributed by atoms with E-state index in [0.717, 1.165) is 22.6 Å². The summed E-state index contributed by atoms with van der Waals surface area (Å²) in [5.41, 5.74) is 5.41. The third-order valence-corrected chi connectivity index (χ3v) is 12.2. The molecule has 1 atom stereocenters. The van der Waals surface area contributed by atoms with Crippen LogP contribution in [0.4, 0.5) is 32.6 Å². The molecular formula is C44H40Cl2N8O4S2. The summed E-state index contributed by atoms with van der Waals surface area (Å²) in [5.74, 6) is 2.00. The number of thioether (sulfide) groups is 2. The standard InChI is InChI=1S/C25H25ClN4O3S.C19H15ClN4OS/c1-25(2)32-15-19(33-25)14-30-22-18(13-29(24(30)31)21-11-7-6-10-20(21)26)12-27-23(28-22)34-16-17-8-4-3-5-9-17;20-15-8-4-5-9-16(15)24-11-14-10-21-18(22-17(14)23-19(24)25)26-12-13-6-2-1-3-7-13/h3-12,19H,13-16H2,1-2H3;1-10H,11-12H2,(H,21,22,23,25)/t19-;/m1./s1. The van der Waals surface area contributed by atoms with Crippen molar-refractivity contribution in [1.82, 2.24) is 19.9 Å². The number of benzene rings is 4. The Labute approximate surface area is 366 Å². The monoisotopic (exact) mass is 878 g/mol. The van der Waals surface area contributed by atoms with Crippen molar-refractivity contribution >= 4 is 81.8 Å². The number of ether oxygens (including phenoxy) is 2. The van der Waals surface area contributed by atoms with E-state index in [1.54, 1.807) is 51.0 Å². The summed E-state index contributed by atoms with van der Waals surface area (Å²) in [6, 6.07) is 34.4. The molecular weight excluding hydrogens is 840 g/mol. The molecule has 3 aliphatic heterocycles. The number of amides is 4. The van der Waals surface area contributed by atoms with Gasteiger partial charge in [-0.2, -0.15) is 0 Å². The molecule has 1 N–H and O–H groups in total. The molecule has 0 saturated carbocycles. The predicted molar refractivity (Wildman–Crippen MR) is 238 cm³/mol. The number of para-hydroxylation sites is 2. The first-order valence-corrected chi connectivity index (χ1v) is 21.9. The van der Waals surface area contributed by atoms with Crippen LogP contribution in [-0.2, 0) is 34.1 Å². The van der Waals surface area contributed by atoms with Gasteiger partial charge in [0.2, 0.25) is 0 Å². The molecule has 5 heterocycles. The molecule has 0 unspecified atom stereocenters. The van der Waals surface area contributed by atoms with Gasteiger partial charge in [-0.15, -0.1) is 0 Å². The van der Waals surface area contributed by atoms with Crippen LogP contribution in [0.3, 0.4) is 0 Å². The third kappa shape index (κ3) is 9.86. The van der Waals surface area contributed by atoms with Gasteiger partial charge in [-0.05, 0) is 49.2 Å². The molecule has 306 valence electrons. The maximum atomic E-state index is 13.7. The van der Waals surface area contributed by atoms with Gasteiger partial charge < -0.3 is 9.47 Å². The Bertz CT molecular complexity index is 2490. The molecule has 6 aromatic rings. The molecule has 60 heavy (non-hydrogen) atoms. The Balaban J connectivity index is 0.000000172. The molecule has 0 radical (unpaired) electrons. The number of aromatic nitrogens is 4. The number of urea groups is 2. The van der Waals surface area contributed by atoms with Crippen molar-refractivity contribution in [3.63, 3.8) is 0 Å². The first-order chi connectivity index (χ1) is 29.1. The highest BCUT2D eigenvalue weighted by Gasteiger charge is 2.39. The normalized spacial score (nSPS) is 16.7. The highest BCUT2D eigenvalue weighted by Crippen LogP contribution is 2.37. The summed E-state index contributed by atoms with van der Waals surface area (Å²) in [4.78, 5) is 49.4. The van der Waals surface area contributed by atoms with Crippen LogP contribution in [0, 0.1) is 0 Å². The number of hydrogen-bond donors (Lipinski definition) is 1. The second kappa shape index (κ2) is 18.6. The number of nitrogens with zero attached hydrogens (tertiary/aromatic N) is 7. The van der Waals surface area contributed by atoms with Gasteiger partial charge in [0.15, 0.2) is 16.1 Å². The summed E-state index contributed by atoms with van der Waals surface area (Å²) in [7, 11) is 0. The number of rotatable bonds is 10. The van der Waals surface area contributed by atoms with E-state index in [2.05, 4.69) is 44.5 Å². The second-order valence-electron chi connectivity index (χ2n) is 14.4. The zero-order valence-corrected chi connectivity index (χ0v) is 35.8. The first kappa shape index (κ1) is 41.5. The van der Waals surface area contributed by atoms with E-state index >= 15 is 0 Å². The molecule has 2 aromatic heterocycles. The van der Waals surface area contributed by atoms with Crippen molar-refractivity contribution in [3.8, 4) is 0 Å². The minimum atomic E-state index is -0.683. The van der Waals surface area contributed by atoms with E-state index in [0.29, 0.717) is 69.6 Å². The van der Waals surface area contributed by atoms with Crippen molar-refractivity contribution < 1.29 is 19.1 Å². The molecule has 0 bridgehead atoms. The van der Waals surface area contributed by atoms with Crippen LogP contribution in [0.1, 0.15) is 36.1 Å². The fraction of sp³-hybridized carbons (Fsp3) is 0.227. The van der Waals surface area contributed by atoms with Gasteiger partial charge >= 0.3 is 12.1 Å². The molecule has 4 aromatic carbocycles. The van der Waals surface area contributed by atoms with Gasteiger partial charge in [0.05, 0.1) is 47.7 Å². The lowest BCUT2D eigenvalue weighted by Crippen LogP contribution is -2.51. The lowest BCUT2D eigenvalue weighted by molar-refractivity contribution is -0.137. The maximum absolute atomic E-state index is 13.7. The van der Waals surface area contributed by atoms with E-state index in [1.165, 1.54) is 22.9 Å². The van der Waals surface area contributed by atoms with Gasteiger partial charge in [0.1, 0.15) is 17.7 Å². The van der Waals surface area contributed by atoms with E-state index in [1.807, 2.05) is 86.6 Å². The Morgan fingerprint density at radius 2 is 1.25 bits per heavy atom. The van der Waals surface area contributed by atoms with Gasteiger partial charge in [-0.1, -0.05) is 132 Å². The summed E-state index contributed by atoms with van der Waals surface area (Å²) in [6.07, 6.45) is 3.29. The van der Waals surface area contributed by atoms with Crippen LogP contribution in [0.2, 0.25) is 10.0 Å². The van der Waals surface area contributed by atoms with Crippen LogP contribution in [0.25, 0.3) is 0 Å². The summed E-state index contributed by atoms with van der Waals surface area (Å²) < 4.78 is 11.7. The number of hydrogen-bond acceptors (Lipinski definition) is 10. The number of halogens is 2. The summed E-state index contributed by atoms with van der Waals surface area (Å²) in [5, 5.41) is 5.14. The topological polar surface area (TPSA) is 126 Å². The fourth-order valence-corrected chi connectivity index (χ4v) is 8.77. The van der Waals surface area contributed by atoms with Gasteiger partial charge in [-0.25, -0.2) is 29.5 Å². The third-order valence-electron chi connectivity index (χ3n) is 9.67. The number of fused-ring (bicyclic) bond motifs is 2. The van der Waals surface area contributed by atoms with Gasteiger partial charge in [0.25, 0.3) is 0 Å². The number of carbonyl (C=O) groups is 2. The molecule has 1 saturated heterocycles. The van der Waals surface area contributed by atoms with Crippen molar-refractivity contribution in [2.75, 3.05) is 33.2 Å². The summed E-state index contributed by atoms with van der Waals surface area (Å²) >= 11 is 15.7. The molecule has 0 aliphatic carbocycles. The molecule has 3 aliphatic rings. The molecule has 16 heteroatoms. The molecule has 0 spiro atoms. The van der Waals surface area contributed by atoms with Crippen molar-refractivity contribution in [2.24, 2.45) is 0 Å². The lowest BCUT2D eigenvalue weighted by Gasteiger charge is -2.37.